The second kappa shape index (κ2) is 13.0. The fourth-order valence-corrected chi connectivity index (χ4v) is 6.12. The predicted molar refractivity (Wildman–Crippen MR) is 173 cm³/mol. The van der Waals surface area contributed by atoms with Crippen LogP contribution in [0, 0.1) is 0 Å². The molecule has 1 unspecified atom stereocenters. The molecule has 0 bridgehead atoms. The van der Waals surface area contributed by atoms with Crippen LogP contribution in [-0.4, -0.2) is 72.1 Å². The molecule has 2 aliphatic rings. The molecule has 0 spiro atoms. The number of fused-ring (bicyclic) bond motifs is 3. The van der Waals surface area contributed by atoms with Crippen molar-refractivity contribution in [3.05, 3.63) is 100 Å². The van der Waals surface area contributed by atoms with Crippen LogP contribution in [-0.2, 0) is 6.42 Å². The van der Waals surface area contributed by atoms with Crippen molar-refractivity contribution < 1.29 is 4.79 Å². The molecule has 9 heteroatoms. The van der Waals surface area contributed by atoms with E-state index in [1.165, 1.54) is 11.1 Å². The molecule has 1 aromatic heterocycles. The number of hydrogen-bond acceptors (Lipinski definition) is 6. The monoisotopic (exact) mass is 625 g/mol. The van der Waals surface area contributed by atoms with Crippen LogP contribution in [0.1, 0.15) is 29.0 Å². The molecule has 0 saturated carbocycles. The molecule has 6 rings (SSSR count). The van der Waals surface area contributed by atoms with Crippen LogP contribution < -0.4 is 16.0 Å². The third-order valence-corrected chi connectivity index (χ3v) is 8.79. The maximum absolute atomic E-state index is 12.5. The first-order chi connectivity index (χ1) is 20.5. The van der Waals surface area contributed by atoms with Gasteiger partial charge < -0.3 is 25.8 Å². The van der Waals surface area contributed by atoms with Gasteiger partial charge >= 0.3 is 6.03 Å². The molecule has 42 heavy (non-hydrogen) atoms. The maximum Gasteiger partial charge on any atom is 0.323 e. The summed E-state index contributed by atoms with van der Waals surface area (Å²) >= 11 is 3.46. The number of para-hydroxylation sites is 1. The van der Waals surface area contributed by atoms with Gasteiger partial charge in [-0.3, -0.25) is 0 Å². The van der Waals surface area contributed by atoms with Gasteiger partial charge in [0.15, 0.2) is 0 Å². The zero-order valence-corrected chi connectivity index (χ0v) is 25.4. The predicted octanol–water partition coefficient (Wildman–Crippen LogP) is 6.29. The Morgan fingerprint density at radius 3 is 2.52 bits per heavy atom. The number of rotatable bonds is 8. The Morgan fingerprint density at radius 1 is 0.952 bits per heavy atom. The van der Waals surface area contributed by atoms with Gasteiger partial charge in [0, 0.05) is 60.6 Å². The van der Waals surface area contributed by atoms with Gasteiger partial charge in [-0.2, -0.15) is 0 Å². The molecule has 1 atom stereocenters. The Kier molecular flexibility index (Phi) is 8.79. The van der Waals surface area contributed by atoms with E-state index in [2.05, 4.69) is 90.1 Å². The molecular formula is C33H36BrN7O. The highest BCUT2D eigenvalue weighted by Gasteiger charge is 2.27. The summed E-state index contributed by atoms with van der Waals surface area (Å²) in [5, 5.41) is 9.26. The van der Waals surface area contributed by atoms with E-state index < -0.39 is 0 Å². The molecule has 2 heterocycles. The van der Waals surface area contributed by atoms with Crippen LogP contribution in [0.3, 0.4) is 0 Å². The summed E-state index contributed by atoms with van der Waals surface area (Å²) in [6.07, 6.45) is 3.88. The quantitative estimate of drug-likeness (QED) is 0.200. The SMILES string of the molecule is CN1CCN(CCCNc2ncc3c(n2)-c2ccccc2C(c2ccc(NC(=O)Nc4ccccc4Br)cc2)C3)CC1. The zero-order chi connectivity index (χ0) is 28.9. The van der Waals surface area contributed by atoms with Gasteiger partial charge in [0.2, 0.25) is 5.95 Å². The fraction of sp³-hybridized carbons (Fsp3) is 0.303. The fourth-order valence-electron chi connectivity index (χ4n) is 5.74. The molecule has 0 radical (unpaired) electrons. The van der Waals surface area contributed by atoms with Crippen LogP contribution in [0.2, 0.25) is 0 Å². The number of likely N-dealkylation sites (N-methyl/N-ethyl adjacent to an activating group) is 1. The van der Waals surface area contributed by atoms with E-state index in [1.54, 1.807) is 0 Å². The Hall–Kier alpha value is -3.79. The maximum atomic E-state index is 12.5. The van der Waals surface area contributed by atoms with E-state index in [1.807, 2.05) is 42.6 Å². The van der Waals surface area contributed by atoms with Crippen molar-refractivity contribution in [3.63, 3.8) is 0 Å². The first-order valence-electron chi connectivity index (χ1n) is 14.6. The van der Waals surface area contributed by atoms with E-state index in [4.69, 9.17) is 4.98 Å². The van der Waals surface area contributed by atoms with E-state index in [0.29, 0.717) is 5.95 Å². The number of piperazine rings is 1. The minimum Gasteiger partial charge on any atom is -0.354 e. The van der Waals surface area contributed by atoms with Crippen molar-refractivity contribution in [2.45, 2.75) is 18.8 Å². The van der Waals surface area contributed by atoms with E-state index >= 15 is 0 Å². The molecule has 3 aromatic carbocycles. The van der Waals surface area contributed by atoms with Crippen LogP contribution >= 0.6 is 15.9 Å². The number of hydrogen-bond donors (Lipinski definition) is 3. The summed E-state index contributed by atoms with van der Waals surface area (Å²) in [6, 6.07) is 23.9. The lowest BCUT2D eigenvalue weighted by Gasteiger charge is -2.32. The number of anilines is 3. The highest BCUT2D eigenvalue weighted by atomic mass is 79.9. The number of carbonyl (C=O) groups is 1. The largest absolute Gasteiger partial charge is 0.354 e. The van der Waals surface area contributed by atoms with Crippen molar-refractivity contribution in [1.82, 2.24) is 19.8 Å². The smallest absolute Gasteiger partial charge is 0.323 e. The van der Waals surface area contributed by atoms with E-state index in [-0.39, 0.29) is 11.9 Å². The number of carbonyl (C=O) groups excluding carboxylic acids is 1. The Balaban J connectivity index is 1.10. The number of urea groups is 1. The number of halogens is 1. The summed E-state index contributed by atoms with van der Waals surface area (Å²) in [6.45, 7) is 6.53. The number of aromatic nitrogens is 2. The Labute approximate surface area is 255 Å². The highest BCUT2D eigenvalue weighted by molar-refractivity contribution is 9.10. The summed E-state index contributed by atoms with van der Waals surface area (Å²) in [4.78, 5) is 27.1. The molecule has 8 nitrogen and oxygen atoms in total. The number of nitrogens with one attached hydrogen (secondary N) is 3. The van der Waals surface area contributed by atoms with Gasteiger partial charge in [0.05, 0.1) is 11.4 Å². The molecule has 1 aliphatic heterocycles. The van der Waals surface area contributed by atoms with Crippen molar-refractivity contribution in [3.8, 4) is 11.3 Å². The van der Waals surface area contributed by atoms with Gasteiger partial charge in [-0.15, -0.1) is 0 Å². The molecule has 1 fully saturated rings. The van der Waals surface area contributed by atoms with E-state index in [9.17, 15) is 4.79 Å². The third kappa shape index (κ3) is 6.64. The Bertz CT molecular complexity index is 1540. The Morgan fingerprint density at radius 2 is 1.71 bits per heavy atom. The average Bonchev–Trinajstić information content (AvgIpc) is 3.01. The number of nitrogens with zero attached hydrogens (tertiary/aromatic N) is 4. The van der Waals surface area contributed by atoms with Crippen molar-refractivity contribution in [2.75, 3.05) is 62.3 Å². The highest BCUT2D eigenvalue weighted by Crippen LogP contribution is 2.42. The van der Waals surface area contributed by atoms with E-state index in [0.717, 1.165) is 84.8 Å². The van der Waals surface area contributed by atoms with Crippen molar-refractivity contribution in [1.29, 1.82) is 0 Å². The lowest BCUT2D eigenvalue weighted by molar-refractivity contribution is 0.154. The number of benzene rings is 3. The standard InChI is InChI=1S/C33H36BrN7O/c1-40-17-19-41(20-18-40)16-6-15-35-32-36-22-24-21-28(26-7-2-3-8-27(26)31(24)39-32)23-11-13-25(14-12-23)37-33(42)38-30-10-5-4-9-29(30)34/h2-5,7-14,22,28H,6,15-21H2,1H3,(H,35,36,39)(H2,37,38,42). The second-order valence-corrected chi connectivity index (χ2v) is 11.9. The van der Waals surface area contributed by atoms with Gasteiger partial charge in [0.25, 0.3) is 0 Å². The molecule has 3 N–H and O–H groups in total. The van der Waals surface area contributed by atoms with Crippen LogP contribution in [0.15, 0.2) is 83.5 Å². The lowest BCUT2D eigenvalue weighted by atomic mass is 9.78. The minimum atomic E-state index is -0.285. The summed E-state index contributed by atoms with van der Waals surface area (Å²) in [5.74, 6) is 0.875. The summed E-state index contributed by atoms with van der Waals surface area (Å²) in [5.41, 5.74) is 7.22. The van der Waals surface area contributed by atoms with Gasteiger partial charge in [-0.1, -0.05) is 48.5 Å². The van der Waals surface area contributed by atoms with Gasteiger partial charge in [-0.25, -0.2) is 14.8 Å². The normalized spacial score (nSPS) is 16.8. The second-order valence-electron chi connectivity index (χ2n) is 11.0. The average molecular weight is 627 g/mol. The number of amides is 2. The summed E-state index contributed by atoms with van der Waals surface area (Å²) < 4.78 is 0.833. The first kappa shape index (κ1) is 28.3. The van der Waals surface area contributed by atoms with Gasteiger partial charge in [0.1, 0.15) is 0 Å². The van der Waals surface area contributed by atoms with Crippen molar-refractivity contribution in [2.24, 2.45) is 0 Å². The molecule has 1 saturated heterocycles. The minimum absolute atomic E-state index is 0.183. The van der Waals surface area contributed by atoms with Gasteiger partial charge in [-0.05, 0) is 83.3 Å². The lowest BCUT2D eigenvalue weighted by Crippen LogP contribution is -2.44. The molecule has 216 valence electrons. The molecule has 2 amide bonds. The molecule has 1 aliphatic carbocycles. The zero-order valence-electron chi connectivity index (χ0n) is 23.8. The molecular weight excluding hydrogens is 590 g/mol. The van der Waals surface area contributed by atoms with Crippen molar-refractivity contribution >= 4 is 39.3 Å². The summed E-state index contributed by atoms with van der Waals surface area (Å²) in [7, 11) is 2.19. The van der Waals surface area contributed by atoms with Crippen LogP contribution in [0.5, 0.6) is 0 Å². The first-order valence-corrected chi connectivity index (χ1v) is 15.4. The third-order valence-electron chi connectivity index (χ3n) is 8.10. The van der Waals surface area contributed by atoms with Crippen LogP contribution in [0.25, 0.3) is 11.3 Å². The van der Waals surface area contributed by atoms with Crippen LogP contribution in [0.4, 0.5) is 22.1 Å². The topological polar surface area (TPSA) is 85.4 Å². The molecule has 4 aromatic rings.